The molecule has 5 heteroatoms. The molecule has 0 saturated heterocycles. The Bertz CT molecular complexity index is 1040. The van der Waals surface area contributed by atoms with Crippen molar-refractivity contribution in [3.8, 4) is 0 Å². The van der Waals surface area contributed by atoms with Gasteiger partial charge in [-0.2, -0.15) is 5.10 Å². The fraction of sp³-hybridized carbons (Fsp3) is 0.158. The summed E-state index contributed by atoms with van der Waals surface area (Å²) in [5, 5.41) is 6.20. The van der Waals surface area contributed by atoms with Crippen LogP contribution in [0.3, 0.4) is 0 Å². The quantitative estimate of drug-likeness (QED) is 0.402. The van der Waals surface area contributed by atoms with Crippen LogP contribution in [0.2, 0.25) is 0 Å². The number of thiazole rings is 1. The molecule has 1 N–H and O–H groups in total. The number of benzene rings is 2. The van der Waals surface area contributed by atoms with Crippen molar-refractivity contribution in [2.75, 3.05) is 5.43 Å². The van der Waals surface area contributed by atoms with E-state index in [0.29, 0.717) is 0 Å². The normalized spacial score (nSPS) is 11.8. The van der Waals surface area contributed by atoms with Gasteiger partial charge in [-0.05, 0) is 56.2 Å². The highest BCUT2D eigenvalue weighted by molar-refractivity contribution is 7.22. The molecule has 0 radical (unpaired) electrons. The van der Waals surface area contributed by atoms with Crippen molar-refractivity contribution in [3.05, 3.63) is 58.8 Å². The molecular weight excluding hydrogens is 318 g/mol. The zero-order valence-corrected chi connectivity index (χ0v) is 14.6. The first kappa shape index (κ1) is 14.9. The SMILES string of the molecule is Cc1cc2oc(/C=N/Nc3nc4ccccc4s3)c(C)c2cc1C. The monoisotopic (exact) mass is 335 g/mol. The van der Waals surface area contributed by atoms with Gasteiger partial charge in [0.25, 0.3) is 0 Å². The summed E-state index contributed by atoms with van der Waals surface area (Å²) in [7, 11) is 0. The standard InChI is InChI=1S/C19H17N3OS/c1-11-8-14-13(3)17(23-16(14)9-12(11)2)10-20-22-19-21-15-6-4-5-7-18(15)24-19/h4-10H,1-3H3,(H,21,22)/b20-10+. The van der Waals surface area contributed by atoms with E-state index in [-0.39, 0.29) is 0 Å². The first-order chi connectivity index (χ1) is 11.6. The van der Waals surface area contributed by atoms with E-state index in [0.717, 1.165) is 37.6 Å². The number of aryl methyl sites for hydroxylation is 3. The lowest BCUT2D eigenvalue weighted by Crippen LogP contribution is -1.89. The molecule has 0 fully saturated rings. The van der Waals surface area contributed by atoms with Gasteiger partial charge in [0.1, 0.15) is 5.58 Å². The van der Waals surface area contributed by atoms with E-state index in [1.807, 2.05) is 18.2 Å². The van der Waals surface area contributed by atoms with Gasteiger partial charge in [-0.1, -0.05) is 23.5 Å². The summed E-state index contributed by atoms with van der Waals surface area (Å²) in [5.74, 6) is 0.767. The zero-order chi connectivity index (χ0) is 16.7. The largest absolute Gasteiger partial charge is 0.455 e. The lowest BCUT2D eigenvalue weighted by Gasteiger charge is -1.98. The molecule has 2 aromatic carbocycles. The van der Waals surface area contributed by atoms with Crippen molar-refractivity contribution in [1.29, 1.82) is 0 Å². The second-order valence-electron chi connectivity index (χ2n) is 5.88. The lowest BCUT2D eigenvalue weighted by molar-refractivity contribution is 0.604. The van der Waals surface area contributed by atoms with E-state index in [2.05, 4.69) is 54.5 Å². The number of rotatable bonds is 3. The summed E-state index contributed by atoms with van der Waals surface area (Å²) in [6.07, 6.45) is 1.71. The zero-order valence-electron chi connectivity index (χ0n) is 13.8. The highest BCUT2D eigenvalue weighted by Crippen LogP contribution is 2.28. The van der Waals surface area contributed by atoms with Gasteiger partial charge in [-0.15, -0.1) is 0 Å². The molecule has 0 aliphatic heterocycles. The van der Waals surface area contributed by atoms with Gasteiger partial charge in [0, 0.05) is 10.9 Å². The van der Waals surface area contributed by atoms with E-state index in [1.165, 1.54) is 11.1 Å². The summed E-state index contributed by atoms with van der Waals surface area (Å²) in [5.41, 5.74) is 8.47. The molecule has 4 aromatic rings. The van der Waals surface area contributed by atoms with E-state index in [9.17, 15) is 0 Å². The van der Waals surface area contributed by atoms with Crippen LogP contribution in [-0.2, 0) is 0 Å². The molecule has 0 aliphatic rings. The third-order valence-corrected chi connectivity index (χ3v) is 5.17. The fourth-order valence-electron chi connectivity index (χ4n) is 2.68. The van der Waals surface area contributed by atoms with Crippen LogP contribution in [-0.4, -0.2) is 11.2 Å². The van der Waals surface area contributed by atoms with E-state index in [4.69, 9.17) is 4.42 Å². The smallest absolute Gasteiger partial charge is 0.204 e. The summed E-state index contributed by atoms with van der Waals surface area (Å²) in [6.45, 7) is 6.26. The molecular formula is C19H17N3OS. The molecule has 0 aliphatic carbocycles. The molecule has 0 amide bonds. The van der Waals surface area contributed by atoms with Crippen LogP contribution in [0, 0.1) is 20.8 Å². The summed E-state index contributed by atoms with van der Waals surface area (Å²) in [6, 6.07) is 12.3. The van der Waals surface area contributed by atoms with Crippen molar-refractivity contribution in [2.24, 2.45) is 5.10 Å². The minimum atomic E-state index is 0.767. The Balaban J connectivity index is 1.61. The summed E-state index contributed by atoms with van der Waals surface area (Å²) >= 11 is 1.58. The van der Waals surface area contributed by atoms with Gasteiger partial charge in [0.05, 0.1) is 16.4 Å². The van der Waals surface area contributed by atoms with Crippen LogP contribution in [0.15, 0.2) is 45.9 Å². The molecule has 4 rings (SSSR count). The Kier molecular flexibility index (Phi) is 3.58. The number of para-hydroxylation sites is 1. The molecule has 0 saturated carbocycles. The van der Waals surface area contributed by atoms with Gasteiger partial charge < -0.3 is 4.42 Å². The minimum Gasteiger partial charge on any atom is -0.455 e. The number of aromatic nitrogens is 1. The van der Waals surface area contributed by atoms with Crippen molar-refractivity contribution in [1.82, 2.24) is 4.98 Å². The Morgan fingerprint density at radius 2 is 1.92 bits per heavy atom. The number of hydrazone groups is 1. The number of furan rings is 1. The van der Waals surface area contributed by atoms with Gasteiger partial charge in [-0.25, -0.2) is 4.98 Å². The summed E-state index contributed by atoms with van der Waals surface area (Å²) in [4.78, 5) is 4.50. The third-order valence-electron chi connectivity index (χ3n) is 4.23. The highest BCUT2D eigenvalue weighted by atomic mass is 32.1. The van der Waals surface area contributed by atoms with E-state index in [1.54, 1.807) is 17.6 Å². The molecule has 4 nitrogen and oxygen atoms in total. The number of hydrogen-bond donors (Lipinski definition) is 1. The number of hydrogen-bond acceptors (Lipinski definition) is 5. The van der Waals surface area contributed by atoms with E-state index >= 15 is 0 Å². The van der Waals surface area contributed by atoms with E-state index < -0.39 is 0 Å². The molecule has 24 heavy (non-hydrogen) atoms. The fourth-order valence-corrected chi connectivity index (χ4v) is 3.50. The van der Waals surface area contributed by atoms with Crippen LogP contribution in [0.4, 0.5) is 5.13 Å². The Labute approximate surface area is 143 Å². The topological polar surface area (TPSA) is 50.4 Å². The highest BCUT2D eigenvalue weighted by Gasteiger charge is 2.10. The second-order valence-corrected chi connectivity index (χ2v) is 6.91. The molecule has 0 bridgehead atoms. The predicted molar refractivity (Wildman–Crippen MR) is 101 cm³/mol. The Morgan fingerprint density at radius 3 is 2.75 bits per heavy atom. The number of nitrogens with one attached hydrogen (secondary N) is 1. The van der Waals surface area contributed by atoms with Gasteiger partial charge in [0.15, 0.2) is 5.76 Å². The van der Waals surface area contributed by atoms with Crippen molar-refractivity contribution in [2.45, 2.75) is 20.8 Å². The lowest BCUT2D eigenvalue weighted by atomic mass is 10.1. The first-order valence-corrected chi connectivity index (χ1v) is 8.58. The van der Waals surface area contributed by atoms with Crippen molar-refractivity contribution < 1.29 is 4.42 Å². The van der Waals surface area contributed by atoms with Gasteiger partial charge in [-0.3, -0.25) is 5.43 Å². The molecule has 0 atom stereocenters. The Morgan fingerprint density at radius 1 is 1.12 bits per heavy atom. The maximum atomic E-state index is 5.93. The average Bonchev–Trinajstić information content (AvgIpc) is 3.10. The molecule has 0 spiro atoms. The maximum absolute atomic E-state index is 5.93. The maximum Gasteiger partial charge on any atom is 0.204 e. The second kappa shape index (κ2) is 5.76. The predicted octanol–water partition coefficient (Wildman–Crippen LogP) is 5.41. The number of anilines is 1. The summed E-state index contributed by atoms with van der Waals surface area (Å²) < 4.78 is 7.07. The first-order valence-electron chi connectivity index (χ1n) is 7.77. The van der Waals surface area contributed by atoms with Crippen LogP contribution in [0.25, 0.3) is 21.2 Å². The van der Waals surface area contributed by atoms with Crippen LogP contribution >= 0.6 is 11.3 Å². The number of nitrogens with zero attached hydrogens (tertiary/aromatic N) is 2. The van der Waals surface area contributed by atoms with Crippen LogP contribution in [0.1, 0.15) is 22.5 Å². The average molecular weight is 335 g/mol. The minimum absolute atomic E-state index is 0.767. The van der Waals surface area contributed by atoms with Gasteiger partial charge >= 0.3 is 0 Å². The molecule has 2 heterocycles. The van der Waals surface area contributed by atoms with Crippen LogP contribution in [0.5, 0.6) is 0 Å². The van der Waals surface area contributed by atoms with Crippen molar-refractivity contribution >= 4 is 43.9 Å². The number of fused-ring (bicyclic) bond motifs is 2. The van der Waals surface area contributed by atoms with Crippen molar-refractivity contribution in [3.63, 3.8) is 0 Å². The molecule has 0 unspecified atom stereocenters. The molecule has 2 aromatic heterocycles. The van der Waals surface area contributed by atoms with Gasteiger partial charge in [0.2, 0.25) is 5.13 Å². The molecule has 120 valence electrons. The Hall–Kier alpha value is -2.66. The third kappa shape index (κ3) is 2.57. The van der Waals surface area contributed by atoms with Crippen LogP contribution < -0.4 is 5.43 Å².